The second-order valence-electron chi connectivity index (χ2n) is 7.08. The van der Waals surface area contributed by atoms with E-state index in [1.807, 2.05) is 29.0 Å². The zero-order chi connectivity index (χ0) is 21.1. The summed E-state index contributed by atoms with van der Waals surface area (Å²) in [5, 5.41) is 17.1. The minimum Gasteiger partial charge on any atom is -0.383 e. The van der Waals surface area contributed by atoms with Gasteiger partial charge in [0.2, 0.25) is 10.0 Å². The number of thiophene rings is 2. The van der Waals surface area contributed by atoms with Crippen LogP contribution in [0.2, 0.25) is 0 Å². The molecule has 1 unspecified atom stereocenters. The molecule has 0 saturated carbocycles. The average molecular weight is 463 g/mol. The van der Waals surface area contributed by atoms with Crippen molar-refractivity contribution >= 4 is 38.6 Å². The highest BCUT2D eigenvalue weighted by Crippen LogP contribution is 2.29. The number of carbonyl (C=O) groups is 1. The Morgan fingerprint density at radius 3 is 2.50 bits per heavy atom. The van der Waals surface area contributed by atoms with Crippen LogP contribution < -0.4 is 5.32 Å². The summed E-state index contributed by atoms with van der Waals surface area (Å²) in [4.78, 5) is 14.4. The van der Waals surface area contributed by atoms with E-state index in [0.717, 1.165) is 28.2 Å². The van der Waals surface area contributed by atoms with Crippen LogP contribution in [0.3, 0.4) is 0 Å². The van der Waals surface area contributed by atoms with Crippen molar-refractivity contribution in [2.45, 2.75) is 30.4 Å². The third-order valence-electron chi connectivity index (χ3n) is 5.05. The number of nitrogens with zero attached hydrogens (tertiary/aromatic N) is 1. The molecule has 2 N–H and O–H groups in total. The molecule has 30 heavy (non-hydrogen) atoms. The molecule has 1 amide bonds. The quantitative estimate of drug-likeness (QED) is 0.562. The average Bonchev–Trinajstić information content (AvgIpc) is 3.53. The van der Waals surface area contributed by atoms with Gasteiger partial charge >= 0.3 is 0 Å². The van der Waals surface area contributed by atoms with Crippen LogP contribution in [0.1, 0.15) is 44.6 Å². The molecule has 1 aromatic carbocycles. The smallest absolute Gasteiger partial charge is 0.251 e. The normalized spacial score (nSPS) is 15.9. The van der Waals surface area contributed by atoms with Gasteiger partial charge in [0, 0.05) is 28.4 Å². The third-order valence-corrected chi connectivity index (χ3v) is 8.81. The maximum atomic E-state index is 12.6. The Hall–Kier alpha value is -2.04. The summed E-state index contributed by atoms with van der Waals surface area (Å²) in [5.41, 5.74) is 1.27. The monoisotopic (exact) mass is 462 g/mol. The van der Waals surface area contributed by atoms with E-state index in [2.05, 4.69) is 5.32 Å². The van der Waals surface area contributed by atoms with E-state index in [-0.39, 0.29) is 10.8 Å². The Labute approximate surface area is 183 Å². The number of aliphatic hydroxyl groups excluding tert-OH is 1. The van der Waals surface area contributed by atoms with Gasteiger partial charge in [0.15, 0.2) is 0 Å². The number of benzene rings is 1. The Morgan fingerprint density at radius 1 is 1.10 bits per heavy atom. The van der Waals surface area contributed by atoms with Crippen LogP contribution in [-0.4, -0.2) is 36.8 Å². The first-order valence-electron chi connectivity index (χ1n) is 9.62. The number of sulfonamides is 1. The molecule has 2 aromatic heterocycles. The molecule has 1 atom stereocenters. The van der Waals surface area contributed by atoms with Crippen LogP contribution >= 0.6 is 22.7 Å². The van der Waals surface area contributed by atoms with Gasteiger partial charge in [0.05, 0.1) is 11.4 Å². The highest BCUT2D eigenvalue weighted by molar-refractivity contribution is 7.89. The van der Waals surface area contributed by atoms with Crippen molar-refractivity contribution in [2.24, 2.45) is 0 Å². The predicted octanol–water partition coefficient (Wildman–Crippen LogP) is 3.61. The van der Waals surface area contributed by atoms with E-state index < -0.39 is 16.1 Å². The van der Waals surface area contributed by atoms with Crippen LogP contribution in [-0.2, 0) is 16.6 Å². The van der Waals surface area contributed by atoms with Crippen LogP contribution in [0.5, 0.6) is 0 Å². The van der Waals surface area contributed by atoms with Crippen molar-refractivity contribution in [3.63, 3.8) is 0 Å². The lowest BCUT2D eigenvalue weighted by Gasteiger charge is -2.15. The van der Waals surface area contributed by atoms with Crippen molar-refractivity contribution in [2.75, 3.05) is 13.1 Å². The van der Waals surface area contributed by atoms with Gasteiger partial charge < -0.3 is 10.4 Å². The Kier molecular flexibility index (Phi) is 6.35. The third kappa shape index (κ3) is 4.50. The molecule has 1 aliphatic rings. The molecule has 1 aliphatic heterocycles. The molecule has 4 rings (SSSR count). The fourth-order valence-corrected chi connectivity index (χ4v) is 6.52. The predicted molar refractivity (Wildman–Crippen MR) is 118 cm³/mol. The molecule has 0 bridgehead atoms. The standard InChI is InChI=1S/C21H22N2O4S3/c24-20(16-9-12-28-14-16)19-8-5-17(29-19)13-22-21(25)15-3-6-18(7-4-15)30(26,27)23-10-1-2-11-23/h3-9,12,14,20,24H,1-2,10-11,13H2,(H,22,25). The summed E-state index contributed by atoms with van der Waals surface area (Å²) in [6, 6.07) is 11.7. The Morgan fingerprint density at radius 2 is 1.83 bits per heavy atom. The molecule has 1 saturated heterocycles. The Balaban J connectivity index is 1.36. The van der Waals surface area contributed by atoms with E-state index in [4.69, 9.17) is 0 Å². The first-order chi connectivity index (χ1) is 14.4. The molecule has 3 heterocycles. The van der Waals surface area contributed by atoms with Gasteiger partial charge in [0.25, 0.3) is 5.91 Å². The fraction of sp³-hybridized carbons (Fsp3) is 0.286. The highest BCUT2D eigenvalue weighted by Gasteiger charge is 2.27. The molecule has 0 spiro atoms. The van der Waals surface area contributed by atoms with Gasteiger partial charge in [0.1, 0.15) is 6.10 Å². The van der Waals surface area contributed by atoms with E-state index in [0.29, 0.717) is 25.2 Å². The fourth-order valence-electron chi connectivity index (χ4n) is 3.36. The van der Waals surface area contributed by atoms with E-state index in [1.165, 1.54) is 39.1 Å². The van der Waals surface area contributed by atoms with Crippen LogP contribution in [0.25, 0.3) is 0 Å². The van der Waals surface area contributed by atoms with E-state index >= 15 is 0 Å². The molecule has 3 aromatic rings. The number of nitrogens with one attached hydrogen (secondary N) is 1. The molecule has 1 fully saturated rings. The lowest BCUT2D eigenvalue weighted by Crippen LogP contribution is -2.28. The van der Waals surface area contributed by atoms with Crippen molar-refractivity contribution in [1.29, 1.82) is 0 Å². The minimum absolute atomic E-state index is 0.214. The van der Waals surface area contributed by atoms with Crippen molar-refractivity contribution in [3.8, 4) is 0 Å². The van der Waals surface area contributed by atoms with Crippen molar-refractivity contribution in [1.82, 2.24) is 9.62 Å². The van der Waals surface area contributed by atoms with Crippen LogP contribution in [0.15, 0.2) is 58.1 Å². The summed E-state index contributed by atoms with van der Waals surface area (Å²) in [6.07, 6.45) is 1.11. The van der Waals surface area contributed by atoms with Crippen LogP contribution in [0, 0.1) is 0 Å². The molecule has 0 radical (unpaired) electrons. The molecule has 0 aliphatic carbocycles. The zero-order valence-corrected chi connectivity index (χ0v) is 18.6. The van der Waals surface area contributed by atoms with Gasteiger partial charge in [-0.05, 0) is 71.6 Å². The number of hydrogen-bond acceptors (Lipinski definition) is 6. The van der Waals surface area contributed by atoms with Gasteiger partial charge in [-0.25, -0.2) is 8.42 Å². The first kappa shape index (κ1) is 21.2. The largest absolute Gasteiger partial charge is 0.383 e. The second kappa shape index (κ2) is 8.99. The molecule has 9 heteroatoms. The van der Waals surface area contributed by atoms with E-state index in [1.54, 1.807) is 12.1 Å². The second-order valence-corrected chi connectivity index (χ2v) is 11.0. The maximum absolute atomic E-state index is 12.6. The van der Waals surface area contributed by atoms with Gasteiger partial charge in [-0.2, -0.15) is 15.6 Å². The summed E-state index contributed by atoms with van der Waals surface area (Å²) in [7, 11) is -3.48. The lowest BCUT2D eigenvalue weighted by molar-refractivity contribution is 0.0951. The highest BCUT2D eigenvalue weighted by atomic mass is 32.2. The van der Waals surface area contributed by atoms with Gasteiger partial charge in [-0.3, -0.25) is 4.79 Å². The number of hydrogen-bond donors (Lipinski definition) is 2. The van der Waals surface area contributed by atoms with Gasteiger partial charge in [-0.15, -0.1) is 11.3 Å². The molecular weight excluding hydrogens is 440 g/mol. The molecular formula is C21H22N2O4S3. The maximum Gasteiger partial charge on any atom is 0.251 e. The van der Waals surface area contributed by atoms with Crippen molar-refractivity contribution in [3.05, 3.63) is 74.1 Å². The van der Waals surface area contributed by atoms with Gasteiger partial charge in [-0.1, -0.05) is 0 Å². The summed E-state index contributed by atoms with van der Waals surface area (Å²) < 4.78 is 26.6. The summed E-state index contributed by atoms with van der Waals surface area (Å²) in [6.45, 7) is 1.44. The van der Waals surface area contributed by atoms with Crippen molar-refractivity contribution < 1.29 is 18.3 Å². The zero-order valence-electron chi connectivity index (χ0n) is 16.2. The number of aliphatic hydroxyl groups is 1. The molecule has 158 valence electrons. The SMILES string of the molecule is O=C(NCc1ccc(C(O)c2ccsc2)s1)c1ccc(S(=O)(=O)N2CCCC2)cc1. The number of rotatable bonds is 7. The summed E-state index contributed by atoms with van der Waals surface area (Å²) >= 11 is 2.99. The summed E-state index contributed by atoms with van der Waals surface area (Å²) in [5.74, 6) is -0.270. The number of amides is 1. The number of carbonyl (C=O) groups excluding carboxylic acids is 1. The molecule has 6 nitrogen and oxygen atoms in total. The van der Waals surface area contributed by atoms with Crippen LogP contribution in [0.4, 0.5) is 0 Å². The van der Waals surface area contributed by atoms with E-state index in [9.17, 15) is 18.3 Å². The lowest BCUT2D eigenvalue weighted by atomic mass is 10.2. The first-order valence-corrected chi connectivity index (χ1v) is 12.8. The Bertz CT molecular complexity index is 1100. The minimum atomic E-state index is -3.48. The topological polar surface area (TPSA) is 86.7 Å².